The third kappa shape index (κ3) is 2.45. The van der Waals surface area contributed by atoms with Gasteiger partial charge in [0.2, 0.25) is 0 Å². The number of hydrogen-bond donors (Lipinski definition) is 1. The van der Waals surface area contributed by atoms with Crippen molar-refractivity contribution in [2.75, 3.05) is 13.2 Å². The van der Waals surface area contributed by atoms with Gasteiger partial charge in [-0.15, -0.1) is 0 Å². The molecule has 0 saturated carbocycles. The summed E-state index contributed by atoms with van der Waals surface area (Å²) >= 11 is 0. The maximum absolute atomic E-state index is 9.27. The Hall–Kier alpha value is -0.860. The number of nitrogens with zero attached hydrogens (tertiary/aromatic N) is 1. The van der Waals surface area contributed by atoms with E-state index in [1.54, 1.807) is 0 Å². The van der Waals surface area contributed by atoms with Gasteiger partial charge in [0.25, 0.3) is 0 Å². The van der Waals surface area contributed by atoms with Crippen LogP contribution in [0.25, 0.3) is 0 Å². The first-order valence-electron chi connectivity index (χ1n) is 6.11. The average Bonchev–Trinajstić information content (AvgIpc) is 2.71. The van der Waals surface area contributed by atoms with Gasteiger partial charge in [-0.1, -0.05) is 18.2 Å². The zero-order chi connectivity index (χ0) is 11.5. The zero-order valence-corrected chi connectivity index (χ0v) is 10.2. The average molecular weight is 219 g/mol. The summed E-state index contributed by atoms with van der Waals surface area (Å²) in [6.07, 6.45) is 2.36. The Balaban J connectivity index is 2.05. The molecular weight excluding hydrogens is 198 g/mol. The number of aliphatic hydroxyl groups is 1. The molecule has 1 aliphatic rings. The summed E-state index contributed by atoms with van der Waals surface area (Å²) in [6, 6.07) is 7.04. The minimum atomic E-state index is 0.296. The van der Waals surface area contributed by atoms with Crippen molar-refractivity contribution in [3.05, 3.63) is 34.9 Å². The second-order valence-electron chi connectivity index (χ2n) is 4.87. The van der Waals surface area contributed by atoms with Gasteiger partial charge >= 0.3 is 0 Å². The summed E-state index contributed by atoms with van der Waals surface area (Å²) in [5.41, 5.74) is 4.07. The fourth-order valence-electron chi connectivity index (χ4n) is 2.45. The van der Waals surface area contributed by atoms with E-state index in [-0.39, 0.29) is 0 Å². The van der Waals surface area contributed by atoms with Crippen molar-refractivity contribution in [1.82, 2.24) is 4.90 Å². The molecule has 1 aromatic rings. The lowest BCUT2D eigenvalue weighted by Gasteiger charge is -2.22. The van der Waals surface area contributed by atoms with Crippen molar-refractivity contribution in [3.8, 4) is 0 Å². The van der Waals surface area contributed by atoms with E-state index < -0.39 is 0 Å². The molecule has 1 fully saturated rings. The van der Waals surface area contributed by atoms with E-state index in [9.17, 15) is 5.11 Å². The van der Waals surface area contributed by atoms with Crippen molar-refractivity contribution in [2.45, 2.75) is 39.3 Å². The maximum atomic E-state index is 9.27. The molecule has 88 valence electrons. The van der Waals surface area contributed by atoms with Crippen LogP contribution >= 0.6 is 0 Å². The zero-order valence-electron chi connectivity index (χ0n) is 10.2. The Morgan fingerprint density at radius 1 is 1.31 bits per heavy atom. The van der Waals surface area contributed by atoms with Gasteiger partial charge < -0.3 is 5.11 Å². The molecule has 1 saturated heterocycles. The van der Waals surface area contributed by atoms with Crippen molar-refractivity contribution in [2.24, 2.45) is 0 Å². The first-order chi connectivity index (χ1) is 7.70. The number of rotatable bonds is 3. The molecule has 2 nitrogen and oxygen atoms in total. The predicted octanol–water partition coefficient (Wildman–Crippen LogP) is 2.26. The quantitative estimate of drug-likeness (QED) is 0.843. The summed E-state index contributed by atoms with van der Waals surface area (Å²) in [4.78, 5) is 2.39. The highest BCUT2D eigenvalue weighted by Gasteiger charge is 2.23. The van der Waals surface area contributed by atoms with Crippen molar-refractivity contribution >= 4 is 0 Å². The standard InChI is InChI=1S/C14H21NO/c1-11-5-6-13(8-12(11)2)9-15-7-3-4-14(15)10-16/h5-6,8,14,16H,3-4,7,9-10H2,1-2H3. The Labute approximate surface area is 97.9 Å². The summed E-state index contributed by atoms with van der Waals surface area (Å²) in [5, 5.41) is 9.27. The van der Waals surface area contributed by atoms with Crippen LogP contribution in [0.5, 0.6) is 0 Å². The molecule has 0 spiro atoms. The van der Waals surface area contributed by atoms with Crippen LogP contribution in [0.2, 0.25) is 0 Å². The second kappa shape index (κ2) is 4.98. The normalized spacial score (nSPS) is 21.6. The van der Waals surface area contributed by atoms with E-state index in [1.807, 2.05) is 0 Å². The second-order valence-corrected chi connectivity index (χ2v) is 4.87. The topological polar surface area (TPSA) is 23.5 Å². The Bertz CT molecular complexity index is 362. The molecule has 0 bridgehead atoms. The largest absolute Gasteiger partial charge is 0.395 e. The van der Waals surface area contributed by atoms with Gasteiger partial charge in [-0.3, -0.25) is 4.90 Å². The van der Waals surface area contributed by atoms with Crippen LogP contribution in [-0.2, 0) is 6.54 Å². The molecule has 1 N–H and O–H groups in total. The number of aryl methyl sites for hydroxylation is 2. The van der Waals surface area contributed by atoms with E-state index in [0.717, 1.165) is 19.5 Å². The Morgan fingerprint density at radius 3 is 2.81 bits per heavy atom. The molecular formula is C14H21NO. The van der Waals surface area contributed by atoms with E-state index in [0.29, 0.717) is 12.6 Å². The number of aliphatic hydroxyl groups excluding tert-OH is 1. The van der Waals surface area contributed by atoms with Gasteiger partial charge in [0, 0.05) is 12.6 Å². The summed E-state index contributed by atoms with van der Waals surface area (Å²) in [5.74, 6) is 0. The van der Waals surface area contributed by atoms with Crippen LogP contribution in [0.1, 0.15) is 29.5 Å². The molecule has 1 aromatic carbocycles. The lowest BCUT2D eigenvalue weighted by molar-refractivity contribution is 0.153. The minimum Gasteiger partial charge on any atom is -0.395 e. The molecule has 16 heavy (non-hydrogen) atoms. The van der Waals surface area contributed by atoms with Gasteiger partial charge in [0.15, 0.2) is 0 Å². The smallest absolute Gasteiger partial charge is 0.0587 e. The van der Waals surface area contributed by atoms with Crippen LogP contribution in [0.4, 0.5) is 0 Å². The third-order valence-corrected chi connectivity index (χ3v) is 3.67. The first kappa shape index (κ1) is 11.6. The summed E-state index contributed by atoms with van der Waals surface area (Å²) in [7, 11) is 0. The molecule has 2 heteroatoms. The van der Waals surface area contributed by atoms with Gasteiger partial charge in [0.1, 0.15) is 0 Å². The summed E-state index contributed by atoms with van der Waals surface area (Å²) < 4.78 is 0. The number of likely N-dealkylation sites (tertiary alicyclic amines) is 1. The van der Waals surface area contributed by atoms with Gasteiger partial charge in [-0.25, -0.2) is 0 Å². The Kier molecular flexibility index (Phi) is 3.62. The SMILES string of the molecule is Cc1ccc(CN2CCCC2CO)cc1C. The molecule has 0 radical (unpaired) electrons. The van der Waals surface area contributed by atoms with Crippen LogP contribution in [0.15, 0.2) is 18.2 Å². The molecule has 1 unspecified atom stereocenters. The van der Waals surface area contributed by atoms with Crippen molar-refractivity contribution < 1.29 is 5.11 Å². The first-order valence-corrected chi connectivity index (χ1v) is 6.11. The highest BCUT2D eigenvalue weighted by molar-refractivity contribution is 5.29. The molecule has 1 atom stereocenters. The van der Waals surface area contributed by atoms with Crippen LogP contribution in [-0.4, -0.2) is 29.2 Å². The lowest BCUT2D eigenvalue weighted by atomic mass is 10.1. The number of benzene rings is 1. The van der Waals surface area contributed by atoms with Gasteiger partial charge in [-0.2, -0.15) is 0 Å². The van der Waals surface area contributed by atoms with Crippen molar-refractivity contribution in [1.29, 1.82) is 0 Å². The number of hydrogen-bond acceptors (Lipinski definition) is 2. The monoisotopic (exact) mass is 219 g/mol. The molecule has 0 amide bonds. The van der Waals surface area contributed by atoms with E-state index in [2.05, 4.69) is 36.9 Å². The fraction of sp³-hybridized carbons (Fsp3) is 0.571. The van der Waals surface area contributed by atoms with E-state index >= 15 is 0 Å². The van der Waals surface area contributed by atoms with Crippen LogP contribution in [0.3, 0.4) is 0 Å². The summed E-state index contributed by atoms with van der Waals surface area (Å²) in [6.45, 7) is 6.70. The van der Waals surface area contributed by atoms with Crippen LogP contribution in [0, 0.1) is 13.8 Å². The highest BCUT2D eigenvalue weighted by Crippen LogP contribution is 2.20. The minimum absolute atomic E-state index is 0.296. The van der Waals surface area contributed by atoms with Crippen LogP contribution < -0.4 is 0 Å². The Morgan fingerprint density at radius 2 is 2.12 bits per heavy atom. The predicted molar refractivity (Wildman–Crippen MR) is 66.4 cm³/mol. The highest BCUT2D eigenvalue weighted by atomic mass is 16.3. The molecule has 1 aliphatic heterocycles. The van der Waals surface area contributed by atoms with Crippen molar-refractivity contribution in [3.63, 3.8) is 0 Å². The molecule has 2 rings (SSSR count). The van der Waals surface area contributed by atoms with E-state index in [1.165, 1.54) is 23.1 Å². The van der Waals surface area contributed by atoms with Gasteiger partial charge in [-0.05, 0) is 49.9 Å². The third-order valence-electron chi connectivity index (χ3n) is 3.67. The lowest BCUT2D eigenvalue weighted by Crippen LogP contribution is -2.31. The molecule has 0 aromatic heterocycles. The van der Waals surface area contributed by atoms with Gasteiger partial charge in [0.05, 0.1) is 6.61 Å². The maximum Gasteiger partial charge on any atom is 0.0587 e. The fourth-order valence-corrected chi connectivity index (χ4v) is 2.45. The molecule has 0 aliphatic carbocycles. The van der Waals surface area contributed by atoms with E-state index in [4.69, 9.17) is 0 Å². The molecule has 1 heterocycles.